The predicted octanol–water partition coefficient (Wildman–Crippen LogP) is 6.06. The number of benzene rings is 3. The lowest BCUT2D eigenvalue weighted by molar-refractivity contribution is -0.118. The van der Waals surface area contributed by atoms with Gasteiger partial charge in [-0.3, -0.25) is 9.59 Å². The van der Waals surface area contributed by atoms with E-state index in [-0.39, 0.29) is 23.8 Å². The molecule has 3 aromatic rings. The van der Waals surface area contributed by atoms with E-state index >= 15 is 0 Å². The van der Waals surface area contributed by atoms with Gasteiger partial charge in [0.1, 0.15) is 5.75 Å². The van der Waals surface area contributed by atoms with Crippen molar-refractivity contribution >= 4 is 23.2 Å². The first-order valence-electron chi connectivity index (χ1n) is 11.3. The van der Waals surface area contributed by atoms with Crippen LogP contribution in [0, 0.1) is 0 Å². The zero-order chi connectivity index (χ0) is 23.8. The number of amides is 2. The molecule has 5 heteroatoms. The minimum absolute atomic E-state index is 0.0837. The van der Waals surface area contributed by atoms with Gasteiger partial charge in [-0.1, -0.05) is 51.1 Å². The molecule has 2 amide bonds. The summed E-state index contributed by atoms with van der Waals surface area (Å²) in [5, 5.41) is 2.81. The molecule has 0 unspecified atom stereocenters. The van der Waals surface area contributed by atoms with Crippen LogP contribution in [0.4, 0.5) is 11.4 Å². The number of hydrogen-bond donors (Lipinski definition) is 1. The van der Waals surface area contributed by atoms with E-state index in [1.165, 1.54) is 5.56 Å². The number of para-hydroxylation sites is 1. The van der Waals surface area contributed by atoms with Crippen LogP contribution < -0.4 is 15.0 Å². The molecule has 0 aromatic heterocycles. The molecular formula is C28H32N2O3. The molecule has 0 heterocycles. The van der Waals surface area contributed by atoms with Gasteiger partial charge in [0.25, 0.3) is 11.8 Å². The highest BCUT2D eigenvalue weighted by Crippen LogP contribution is 2.28. The number of nitrogens with zero attached hydrogens (tertiary/aromatic N) is 1. The zero-order valence-corrected chi connectivity index (χ0v) is 19.8. The van der Waals surface area contributed by atoms with Gasteiger partial charge in [0, 0.05) is 23.5 Å². The van der Waals surface area contributed by atoms with Crippen molar-refractivity contribution in [3.05, 3.63) is 90.0 Å². The number of ether oxygens (including phenoxy) is 1. The summed E-state index contributed by atoms with van der Waals surface area (Å²) in [7, 11) is 0. The molecule has 0 bridgehead atoms. The van der Waals surface area contributed by atoms with Crippen molar-refractivity contribution in [2.24, 2.45) is 0 Å². The second kappa shape index (κ2) is 10.8. The first-order valence-corrected chi connectivity index (χ1v) is 11.3. The van der Waals surface area contributed by atoms with Gasteiger partial charge in [-0.15, -0.1) is 0 Å². The maximum atomic E-state index is 12.9. The third kappa shape index (κ3) is 6.22. The van der Waals surface area contributed by atoms with Gasteiger partial charge in [-0.25, -0.2) is 0 Å². The zero-order valence-electron chi connectivity index (χ0n) is 19.8. The summed E-state index contributed by atoms with van der Waals surface area (Å²) in [6, 6.07) is 24.3. The molecule has 172 valence electrons. The SMILES string of the molecule is CCN(C(=O)c1ccc(NC(=O)COc2ccc(C(C)(C)CC)cc2)cc1)c1ccccc1. The number of hydrogen-bond acceptors (Lipinski definition) is 3. The first-order chi connectivity index (χ1) is 15.8. The average molecular weight is 445 g/mol. The second-order valence-electron chi connectivity index (χ2n) is 8.56. The summed E-state index contributed by atoms with van der Waals surface area (Å²) in [4.78, 5) is 26.9. The molecule has 0 saturated heterocycles. The van der Waals surface area contributed by atoms with Crippen molar-refractivity contribution in [1.29, 1.82) is 0 Å². The van der Waals surface area contributed by atoms with Gasteiger partial charge in [-0.05, 0) is 72.9 Å². The summed E-state index contributed by atoms with van der Waals surface area (Å²) in [6.07, 6.45) is 1.04. The largest absolute Gasteiger partial charge is 0.484 e. The normalized spacial score (nSPS) is 11.0. The second-order valence-corrected chi connectivity index (χ2v) is 8.56. The van der Waals surface area contributed by atoms with Gasteiger partial charge in [0.05, 0.1) is 0 Å². The highest BCUT2D eigenvalue weighted by molar-refractivity contribution is 6.06. The van der Waals surface area contributed by atoms with Crippen molar-refractivity contribution in [3.63, 3.8) is 0 Å². The average Bonchev–Trinajstić information content (AvgIpc) is 2.84. The first kappa shape index (κ1) is 24.1. The van der Waals surface area contributed by atoms with E-state index in [1.807, 2.05) is 61.5 Å². The summed E-state index contributed by atoms with van der Waals surface area (Å²) in [5.41, 5.74) is 3.38. The van der Waals surface area contributed by atoms with E-state index in [4.69, 9.17) is 4.74 Å². The lowest BCUT2D eigenvalue weighted by atomic mass is 9.82. The summed E-state index contributed by atoms with van der Waals surface area (Å²) < 4.78 is 5.63. The number of nitrogens with one attached hydrogen (secondary N) is 1. The molecule has 33 heavy (non-hydrogen) atoms. The van der Waals surface area contributed by atoms with Crippen LogP contribution >= 0.6 is 0 Å². The van der Waals surface area contributed by atoms with E-state index in [2.05, 4.69) is 26.1 Å². The van der Waals surface area contributed by atoms with E-state index in [1.54, 1.807) is 29.2 Å². The van der Waals surface area contributed by atoms with E-state index in [0.717, 1.165) is 12.1 Å². The molecule has 0 aliphatic carbocycles. The predicted molar refractivity (Wildman–Crippen MR) is 134 cm³/mol. The Balaban J connectivity index is 1.55. The van der Waals surface area contributed by atoms with Gasteiger partial charge < -0.3 is 15.0 Å². The van der Waals surface area contributed by atoms with Crippen LogP contribution in [0.1, 0.15) is 50.0 Å². The van der Waals surface area contributed by atoms with Crippen molar-refractivity contribution in [3.8, 4) is 5.75 Å². The molecule has 0 atom stereocenters. The molecule has 0 aliphatic heterocycles. The van der Waals surface area contributed by atoms with Gasteiger partial charge in [0.2, 0.25) is 0 Å². The molecule has 0 saturated carbocycles. The van der Waals surface area contributed by atoms with Crippen molar-refractivity contribution in [2.75, 3.05) is 23.4 Å². The van der Waals surface area contributed by atoms with Crippen molar-refractivity contribution in [1.82, 2.24) is 0 Å². The Morgan fingerprint density at radius 2 is 1.52 bits per heavy atom. The minimum atomic E-state index is -0.258. The molecule has 0 radical (unpaired) electrons. The van der Waals surface area contributed by atoms with Crippen LogP contribution in [0.15, 0.2) is 78.9 Å². The van der Waals surface area contributed by atoms with Crippen LogP contribution in [0.25, 0.3) is 0 Å². The fraction of sp³-hybridized carbons (Fsp3) is 0.286. The Bertz CT molecular complexity index is 1060. The molecule has 1 N–H and O–H groups in total. The molecule has 3 rings (SSSR count). The van der Waals surface area contributed by atoms with Crippen LogP contribution in [0.5, 0.6) is 5.75 Å². The topological polar surface area (TPSA) is 58.6 Å². The molecular weight excluding hydrogens is 412 g/mol. The van der Waals surface area contributed by atoms with E-state index < -0.39 is 0 Å². The third-order valence-electron chi connectivity index (χ3n) is 5.93. The fourth-order valence-electron chi connectivity index (χ4n) is 3.46. The lowest BCUT2D eigenvalue weighted by Crippen LogP contribution is -2.30. The molecule has 0 fully saturated rings. The van der Waals surface area contributed by atoms with Gasteiger partial charge >= 0.3 is 0 Å². The van der Waals surface area contributed by atoms with Crippen LogP contribution in [0.2, 0.25) is 0 Å². The lowest BCUT2D eigenvalue weighted by Gasteiger charge is -2.23. The standard InChI is InChI=1S/C28H32N2O3/c1-5-28(3,4)22-14-18-25(19-15-22)33-20-26(31)29-23-16-12-21(13-17-23)27(32)30(6-2)24-10-8-7-9-11-24/h7-19H,5-6,20H2,1-4H3,(H,29,31). The van der Waals surface area contributed by atoms with Crippen molar-refractivity contribution in [2.45, 2.75) is 39.5 Å². The molecule has 0 spiro atoms. The molecule has 0 aliphatic rings. The fourth-order valence-corrected chi connectivity index (χ4v) is 3.46. The maximum Gasteiger partial charge on any atom is 0.262 e. The Hall–Kier alpha value is -3.60. The Morgan fingerprint density at radius 3 is 2.09 bits per heavy atom. The third-order valence-corrected chi connectivity index (χ3v) is 5.93. The van der Waals surface area contributed by atoms with Crippen LogP contribution in [0.3, 0.4) is 0 Å². The van der Waals surface area contributed by atoms with Gasteiger partial charge in [0.15, 0.2) is 6.61 Å². The summed E-state index contributed by atoms with van der Waals surface area (Å²) in [6.45, 7) is 9.00. The van der Waals surface area contributed by atoms with E-state index in [0.29, 0.717) is 23.5 Å². The van der Waals surface area contributed by atoms with Crippen LogP contribution in [-0.4, -0.2) is 25.0 Å². The summed E-state index contributed by atoms with van der Waals surface area (Å²) >= 11 is 0. The Kier molecular flexibility index (Phi) is 7.88. The maximum absolute atomic E-state index is 12.9. The minimum Gasteiger partial charge on any atom is -0.484 e. The Labute approximate surface area is 196 Å². The highest BCUT2D eigenvalue weighted by Gasteiger charge is 2.18. The van der Waals surface area contributed by atoms with Crippen molar-refractivity contribution < 1.29 is 14.3 Å². The smallest absolute Gasteiger partial charge is 0.262 e. The van der Waals surface area contributed by atoms with Gasteiger partial charge in [-0.2, -0.15) is 0 Å². The number of carbonyl (C=O) groups excluding carboxylic acids is 2. The quantitative estimate of drug-likeness (QED) is 0.436. The number of rotatable bonds is 9. The summed E-state index contributed by atoms with van der Waals surface area (Å²) in [5.74, 6) is 0.313. The van der Waals surface area contributed by atoms with Crippen LogP contribution in [-0.2, 0) is 10.2 Å². The molecule has 3 aromatic carbocycles. The molecule has 5 nitrogen and oxygen atoms in total. The number of anilines is 2. The highest BCUT2D eigenvalue weighted by atomic mass is 16.5. The number of carbonyl (C=O) groups is 2. The Morgan fingerprint density at radius 1 is 0.879 bits per heavy atom. The monoisotopic (exact) mass is 444 g/mol. The van der Waals surface area contributed by atoms with E-state index in [9.17, 15) is 9.59 Å².